The fourth-order valence-corrected chi connectivity index (χ4v) is 7.32. The maximum Gasteiger partial charge on any atom is 0.410 e. The molecule has 2 aromatic rings. The van der Waals surface area contributed by atoms with E-state index in [1.807, 2.05) is 24.3 Å². The first-order valence-corrected chi connectivity index (χ1v) is 13.0. The molecule has 5 nitrogen and oxygen atoms in total. The Bertz CT molecular complexity index is 881. The quantitative estimate of drug-likeness (QED) is 0.581. The predicted molar refractivity (Wildman–Crippen MR) is 110 cm³/mol. The van der Waals surface area contributed by atoms with Crippen molar-refractivity contribution in [1.29, 1.82) is 0 Å². The molecule has 28 heavy (non-hydrogen) atoms. The first kappa shape index (κ1) is 18.7. The summed E-state index contributed by atoms with van der Waals surface area (Å²) >= 11 is 0. The second kappa shape index (κ2) is 7.09. The molecule has 1 atom stereocenters. The third-order valence-electron chi connectivity index (χ3n) is 5.76. The van der Waals surface area contributed by atoms with Crippen molar-refractivity contribution < 1.29 is 19.1 Å². The van der Waals surface area contributed by atoms with Gasteiger partial charge in [-0.3, -0.25) is 4.90 Å². The molecule has 0 unspecified atom stereocenters. The Kier molecular flexibility index (Phi) is 4.75. The van der Waals surface area contributed by atoms with Crippen LogP contribution in [-0.4, -0.2) is 51.0 Å². The molecule has 0 saturated carbocycles. The minimum atomic E-state index is -1.66. The molecule has 1 aliphatic carbocycles. The first-order chi connectivity index (χ1) is 13.4. The van der Waals surface area contributed by atoms with Gasteiger partial charge in [-0.05, 0) is 28.3 Å². The Hall–Kier alpha value is -2.60. The molecule has 0 bridgehead atoms. The molecule has 1 heterocycles. The topological polar surface area (TPSA) is 55.8 Å². The smallest absolute Gasteiger partial charge is 0.410 e. The van der Waals surface area contributed by atoms with Crippen LogP contribution >= 0.6 is 0 Å². The third-order valence-corrected chi connectivity index (χ3v) is 8.45. The summed E-state index contributed by atoms with van der Waals surface area (Å²) in [4.78, 5) is 26.6. The van der Waals surface area contributed by atoms with Crippen molar-refractivity contribution >= 4 is 20.1 Å². The highest BCUT2D eigenvalue weighted by Crippen LogP contribution is 2.44. The van der Waals surface area contributed by atoms with E-state index >= 15 is 0 Å². The summed E-state index contributed by atoms with van der Waals surface area (Å²) in [7, 11) is -0.293. The van der Waals surface area contributed by atoms with Gasteiger partial charge in [0.2, 0.25) is 0 Å². The number of fused-ring (bicyclic) bond motifs is 3. The van der Waals surface area contributed by atoms with Crippen LogP contribution in [0.2, 0.25) is 19.1 Å². The van der Waals surface area contributed by atoms with Crippen LogP contribution in [0.4, 0.5) is 4.79 Å². The minimum Gasteiger partial charge on any atom is -0.467 e. The SMILES string of the molecule is COC(=O)[C@H]1C[Si](C)(C)CN1C(=O)OCC1c2ccccc2-c2ccccc21. The number of hydrogen-bond acceptors (Lipinski definition) is 4. The normalized spacial score (nSPS) is 19.8. The summed E-state index contributed by atoms with van der Waals surface area (Å²) in [6.07, 6.45) is 0.194. The molecule has 1 saturated heterocycles. The van der Waals surface area contributed by atoms with Crippen LogP contribution in [0.25, 0.3) is 11.1 Å². The molecule has 1 aliphatic heterocycles. The molecule has 2 aromatic carbocycles. The van der Waals surface area contributed by atoms with E-state index in [1.165, 1.54) is 29.4 Å². The number of carbonyl (C=O) groups is 2. The maximum atomic E-state index is 12.9. The highest BCUT2D eigenvalue weighted by atomic mass is 28.3. The molecule has 146 valence electrons. The standard InChI is InChI=1S/C22H25NO4Si/c1-26-21(24)20-13-28(2,3)14-23(20)22(25)27-12-19-17-10-6-4-8-15(17)16-9-5-7-11-18(16)19/h4-11,19-20H,12-14H2,1-3H3/t20-/m1/s1. The molecule has 0 N–H and O–H groups in total. The first-order valence-electron chi connectivity index (χ1n) is 9.61. The van der Waals surface area contributed by atoms with Gasteiger partial charge in [-0.2, -0.15) is 0 Å². The van der Waals surface area contributed by atoms with E-state index in [1.54, 1.807) is 4.90 Å². The average Bonchev–Trinajstić information content (AvgIpc) is 3.20. The second-order valence-corrected chi connectivity index (χ2v) is 13.4. The number of ether oxygens (including phenoxy) is 2. The van der Waals surface area contributed by atoms with Crippen LogP contribution in [0.15, 0.2) is 48.5 Å². The van der Waals surface area contributed by atoms with Gasteiger partial charge in [-0.15, -0.1) is 0 Å². The lowest BCUT2D eigenvalue weighted by atomic mass is 9.98. The Labute approximate surface area is 166 Å². The Morgan fingerprint density at radius 2 is 1.61 bits per heavy atom. The number of hydrogen-bond donors (Lipinski definition) is 0. The van der Waals surface area contributed by atoms with Gasteiger partial charge in [0, 0.05) is 12.1 Å². The van der Waals surface area contributed by atoms with Gasteiger partial charge in [0.25, 0.3) is 0 Å². The molecule has 0 radical (unpaired) electrons. The van der Waals surface area contributed by atoms with Gasteiger partial charge >= 0.3 is 12.1 Å². The number of benzene rings is 2. The van der Waals surface area contributed by atoms with E-state index in [-0.39, 0.29) is 18.5 Å². The molecule has 4 rings (SSSR count). The van der Waals surface area contributed by atoms with Crippen molar-refractivity contribution in [3.63, 3.8) is 0 Å². The maximum absolute atomic E-state index is 12.9. The highest BCUT2D eigenvalue weighted by molar-refractivity contribution is 6.78. The molecule has 6 heteroatoms. The zero-order valence-electron chi connectivity index (χ0n) is 16.5. The predicted octanol–water partition coefficient (Wildman–Crippen LogP) is 4.04. The van der Waals surface area contributed by atoms with Gasteiger partial charge in [-0.1, -0.05) is 61.6 Å². The lowest BCUT2D eigenvalue weighted by Gasteiger charge is -2.24. The average molecular weight is 396 g/mol. The number of esters is 1. The van der Waals surface area contributed by atoms with Crippen LogP contribution in [0.3, 0.4) is 0 Å². The molecular weight excluding hydrogens is 370 g/mol. The largest absolute Gasteiger partial charge is 0.467 e. The van der Waals surface area contributed by atoms with Gasteiger partial charge in [0.1, 0.15) is 12.6 Å². The summed E-state index contributed by atoms with van der Waals surface area (Å²) in [5.74, 6) is -0.340. The second-order valence-electron chi connectivity index (χ2n) is 8.34. The number of methoxy groups -OCH3 is 1. The Balaban J connectivity index is 1.53. The van der Waals surface area contributed by atoms with Crippen molar-refractivity contribution in [3.8, 4) is 11.1 Å². The third kappa shape index (κ3) is 3.22. The van der Waals surface area contributed by atoms with Crippen LogP contribution in [0.1, 0.15) is 17.0 Å². The van der Waals surface area contributed by atoms with Crippen LogP contribution < -0.4 is 0 Å². The number of rotatable bonds is 3. The molecule has 0 spiro atoms. The molecule has 1 amide bonds. The van der Waals surface area contributed by atoms with Crippen molar-refractivity contribution in [3.05, 3.63) is 59.7 Å². The van der Waals surface area contributed by atoms with E-state index in [0.29, 0.717) is 12.2 Å². The van der Waals surface area contributed by atoms with Gasteiger partial charge in [-0.25, -0.2) is 9.59 Å². The summed E-state index contributed by atoms with van der Waals surface area (Å²) in [6.45, 7) is 4.62. The van der Waals surface area contributed by atoms with Crippen LogP contribution in [0.5, 0.6) is 0 Å². The lowest BCUT2D eigenvalue weighted by Crippen LogP contribution is -2.42. The zero-order valence-corrected chi connectivity index (χ0v) is 17.5. The summed E-state index contributed by atoms with van der Waals surface area (Å²) in [6, 6.07) is 16.7. The van der Waals surface area contributed by atoms with Crippen molar-refractivity contribution in [2.45, 2.75) is 31.1 Å². The van der Waals surface area contributed by atoms with E-state index in [2.05, 4.69) is 37.4 Å². The Morgan fingerprint density at radius 3 is 2.18 bits per heavy atom. The fourth-order valence-electron chi connectivity index (χ4n) is 4.48. The van der Waals surface area contributed by atoms with Crippen LogP contribution in [-0.2, 0) is 14.3 Å². The molecule has 1 fully saturated rings. The summed E-state index contributed by atoms with van der Waals surface area (Å²) < 4.78 is 10.7. The summed E-state index contributed by atoms with van der Waals surface area (Å²) in [5, 5.41) is 0. The lowest BCUT2D eigenvalue weighted by molar-refractivity contribution is -0.145. The molecule has 2 aliphatic rings. The minimum absolute atomic E-state index is 0.0146. The van der Waals surface area contributed by atoms with Crippen molar-refractivity contribution in [1.82, 2.24) is 4.90 Å². The van der Waals surface area contributed by atoms with E-state index in [0.717, 1.165) is 0 Å². The zero-order chi connectivity index (χ0) is 19.9. The van der Waals surface area contributed by atoms with E-state index in [9.17, 15) is 9.59 Å². The number of nitrogens with zero attached hydrogens (tertiary/aromatic N) is 1. The monoisotopic (exact) mass is 395 g/mol. The van der Waals surface area contributed by atoms with E-state index in [4.69, 9.17) is 9.47 Å². The van der Waals surface area contributed by atoms with Crippen molar-refractivity contribution in [2.24, 2.45) is 0 Å². The molecule has 0 aromatic heterocycles. The number of amides is 1. The Morgan fingerprint density at radius 1 is 1.04 bits per heavy atom. The van der Waals surface area contributed by atoms with E-state index < -0.39 is 20.2 Å². The number of carbonyl (C=O) groups excluding carboxylic acids is 2. The molecular formula is C22H25NO4Si. The fraction of sp³-hybridized carbons (Fsp3) is 0.364. The highest BCUT2D eigenvalue weighted by Gasteiger charge is 2.46. The van der Waals surface area contributed by atoms with Crippen LogP contribution in [0, 0.1) is 0 Å². The summed E-state index contributed by atoms with van der Waals surface area (Å²) in [5.41, 5.74) is 4.75. The van der Waals surface area contributed by atoms with Gasteiger partial charge < -0.3 is 9.47 Å². The van der Waals surface area contributed by atoms with Crippen molar-refractivity contribution in [2.75, 3.05) is 19.9 Å². The van der Waals surface area contributed by atoms with Gasteiger partial charge in [0.05, 0.1) is 15.2 Å². The van der Waals surface area contributed by atoms with Gasteiger partial charge in [0.15, 0.2) is 0 Å².